The van der Waals surface area contributed by atoms with Gasteiger partial charge in [0.1, 0.15) is 0 Å². The van der Waals surface area contributed by atoms with Crippen molar-refractivity contribution in [3.63, 3.8) is 0 Å². The van der Waals surface area contributed by atoms with E-state index in [1.54, 1.807) is 30.3 Å². The number of halogens is 1. The van der Waals surface area contributed by atoms with E-state index < -0.39 is 9.84 Å². The predicted molar refractivity (Wildman–Crippen MR) is 85.4 cm³/mol. The maximum absolute atomic E-state index is 12.4. The van der Waals surface area contributed by atoms with E-state index >= 15 is 0 Å². The van der Waals surface area contributed by atoms with Gasteiger partial charge in [-0.3, -0.25) is 0 Å². The minimum absolute atomic E-state index is 0.0887. The van der Waals surface area contributed by atoms with Gasteiger partial charge in [0, 0.05) is 10.2 Å². The van der Waals surface area contributed by atoms with Gasteiger partial charge in [-0.05, 0) is 54.8 Å². The van der Waals surface area contributed by atoms with Gasteiger partial charge in [-0.25, -0.2) is 8.42 Å². The molecule has 2 N–H and O–H groups in total. The number of hydrogen-bond acceptors (Lipinski definition) is 3. The molecule has 3 nitrogen and oxygen atoms in total. The molecular formula is C15H16BrNO2S. The van der Waals surface area contributed by atoms with E-state index in [1.807, 2.05) is 19.9 Å². The highest BCUT2D eigenvalue weighted by atomic mass is 79.9. The van der Waals surface area contributed by atoms with Crippen molar-refractivity contribution in [2.24, 2.45) is 0 Å². The first-order chi connectivity index (χ1) is 9.29. The Morgan fingerprint density at radius 3 is 2.35 bits per heavy atom. The molecule has 0 unspecified atom stereocenters. The third-order valence-electron chi connectivity index (χ3n) is 3.29. The van der Waals surface area contributed by atoms with E-state index in [2.05, 4.69) is 15.9 Å². The summed E-state index contributed by atoms with van der Waals surface area (Å²) in [6.07, 6.45) is 0. The largest absolute Gasteiger partial charge is 0.398 e. The third-order valence-corrected chi connectivity index (χ3v) is 5.45. The molecule has 0 aliphatic heterocycles. The first-order valence-electron chi connectivity index (χ1n) is 6.13. The number of nitrogen functional groups attached to an aromatic ring is 1. The molecule has 2 rings (SSSR count). The van der Waals surface area contributed by atoms with Crippen LogP contribution in [0.15, 0.2) is 45.8 Å². The van der Waals surface area contributed by atoms with Crippen molar-refractivity contribution in [3.8, 4) is 0 Å². The van der Waals surface area contributed by atoms with Crippen LogP contribution in [0.5, 0.6) is 0 Å². The van der Waals surface area contributed by atoms with Crippen molar-refractivity contribution < 1.29 is 8.42 Å². The second-order valence-electron chi connectivity index (χ2n) is 4.85. The van der Waals surface area contributed by atoms with Gasteiger partial charge >= 0.3 is 0 Å². The Bertz CT molecular complexity index is 754. The Morgan fingerprint density at radius 1 is 1.05 bits per heavy atom. The number of nitrogens with two attached hydrogens (primary N) is 1. The number of sulfone groups is 1. The van der Waals surface area contributed by atoms with Crippen LogP contribution >= 0.6 is 15.9 Å². The Hall–Kier alpha value is -1.33. The first kappa shape index (κ1) is 15.1. The first-order valence-corrected chi connectivity index (χ1v) is 8.58. The molecule has 0 saturated heterocycles. The molecule has 0 aromatic heterocycles. The second kappa shape index (κ2) is 5.58. The van der Waals surface area contributed by atoms with E-state index in [0.29, 0.717) is 16.1 Å². The van der Waals surface area contributed by atoms with E-state index in [9.17, 15) is 8.42 Å². The maximum Gasteiger partial charge on any atom is 0.182 e. The van der Waals surface area contributed by atoms with Crippen LogP contribution in [-0.2, 0) is 15.6 Å². The average Bonchev–Trinajstić information content (AvgIpc) is 2.36. The number of hydrogen-bond donors (Lipinski definition) is 1. The summed E-state index contributed by atoms with van der Waals surface area (Å²) < 4.78 is 25.7. The Morgan fingerprint density at radius 2 is 1.75 bits per heavy atom. The molecule has 0 atom stereocenters. The quantitative estimate of drug-likeness (QED) is 0.857. The smallest absolute Gasteiger partial charge is 0.182 e. The second-order valence-corrected chi connectivity index (χ2v) is 7.75. The minimum Gasteiger partial charge on any atom is -0.398 e. The van der Waals surface area contributed by atoms with Gasteiger partial charge < -0.3 is 5.73 Å². The van der Waals surface area contributed by atoms with Gasteiger partial charge in [-0.2, -0.15) is 0 Å². The summed E-state index contributed by atoms with van der Waals surface area (Å²) in [5, 5.41) is 0. The number of anilines is 1. The standard InChI is InChI=1S/C15H16BrNO2S/c1-10-3-6-14(7-11(10)2)20(18,19)9-12-4-5-13(16)8-15(12)17/h3-8H,9,17H2,1-2H3. The fourth-order valence-corrected chi connectivity index (χ4v) is 3.74. The molecule has 0 bridgehead atoms. The van der Waals surface area contributed by atoms with Gasteiger partial charge in [0.25, 0.3) is 0 Å². The number of aryl methyl sites for hydroxylation is 2. The van der Waals surface area contributed by atoms with Gasteiger partial charge in [-0.1, -0.05) is 28.1 Å². The molecule has 0 radical (unpaired) electrons. The van der Waals surface area contributed by atoms with Crippen molar-refractivity contribution in [1.29, 1.82) is 0 Å². The van der Waals surface area contributed by atoms with Crippen molar-refractivity contribution >= 4 is 31.5 Å². The lowest BCUT2D eigenvalue weighted by Crippen LogP contribution is -2.07. The van der Waals surface area contributed by atoms with E-state index in [4.69, 9.17) is 5.73 Å². The molecule has 0 aliphatic rings. The van der Waals surface area contributed by atoms with Gasteiger partial charge in [0.05, 0.1) is 10.6 Å². The van der Waals surface area contributed by atoms with E-state index in [-0.39, 0.29) is 5.75 Å². The summed E-state index contributed by atoms with van der Waals surface area (Å²) in [6, 6.07) is 10.4. The minimum atomic E-state index is -3.38. The number of benzene rings is 2. The fourth-order valence-electron chi connectivity index (χ4n) is 1.89. The zero-order valence-corrected chi connectivity index (χ0v) is 13.8. The van der Waals surface area contributed by atoms with Crippen molar-refractivity contribution in [1.82, 2.24) is 0 Å². The van der Waals surface area contributed by atoms with E-state index in [0.717, 1.165) is 15.6 Å². The molecule has 0 spiro atoms. The summed E-state index contributed by atoms with van der Waals surface area (Å²) in [5.74, 6) is -0.0887. The highest BCUT2D eigenvalue weighted by Crippen LogP contribution is 2.24. The lowest BCUT2D eigenvalue weighted by molar-refractivity contribution is 0.595. The summed E-state index contributed by atoms with van der Waals surface area (Å²) in [4.78, 5) is 0.336. The normalized spacial score (nSPS) is 11.6. The molecular weight excluding hydrogens is 338 g/mol. The van der Waals surface area contributed by atoms with Crippen LogP contribution in [0.1, 0.15) is 16.7 Å². The molecule has 2 aromatic carbocycles. The average molecular weight is 354 g/mol. The van der Waals surface area contributed by atoms with Crippen molar-refractivity contribution in [2.45, 2.75) is 24.5 Å². The summed E-state index contributed by atoms with van der Waals surface area (Å²) in [7, 11) is -3.38. The maximum atomic E-state index is 12.4. The topological polar surface area (TPSA) is 60.2 Å². The van der Waals surface area contributed by atoms with Crippen LogP contribution in [0.2, 0.25) is 0 Å². The van der Waals surface area contributed by atoms with Crippen LogP contribution in [0.3, 0.4) is 0 Å². The molecule has 20 heavy (non-hydrogen) atoms. The zero-order chi connectivity index (χ0) is 14.9. The van der Waals surface area contributed by atoms with Gasteiger partial charge in [0.2, 0.25) is 0 Å². The Labute approximate surface area is 127 Å². The lowest BCUT2D eigenvalue weighted by atomic mass is 10.1. The summed E-state index contributed by atoms with van der Waals surface area (Å²) in [5.41, 5.74) is 9.01. The predicted octanol–water partition coefficient (Wildman–Crippen LogP) is 3.62. The van der Waals surface area contributed by atoms with Gasteiger partial charge in [0.15, 0.2) is 9.84 Å². The summed E-state index contributed by atoms with van der Waals surface area (Å²) in [6.45, 7) is 3.86. The molecule has 0 fully saturated rings. The molecule has 0 heterocycles. The van der Waals surface area contributed by atoms with Crippen LogP contribution in [0.25, 0.3) is 0 Å². The highest BCUT2D eigenvalue weighted by Gasteiger charge is 2.17. The van der Waals surface area contributed by atoms with Crippen molar-refractivity contribution in [2.75, 3.05) is 5.73 Å². The SMILES string of the molecule is Cc1ccc(S(=O)(=O)Cc2ccc(Br)cc2N)cc1C. The monoisotopic (exact) mass is 353 g/mol. The van der Waals surface area contributed by atoms with Crippen LogP contribution in [0, 0.1) is 13.8 Å². The van der Waals surface area contributed by atoms with Gasteiger partial charge in [-0.15, -0.1) is 0 Å². The van der Waals surface area contributed by atoms with Crippen LogP contribution < -0.4 is 5.73 Å². The van der Waals surface area contributed by atoms with E-state index in [1.165, 1.54) is 0 Å². The van der Waals surface area contributed by atoms with Crippen LogP contribution in [0.4, 0.5) is 5.69 Å². The summed E-state index contributed by atoms with van der Waals surface area (Å²) >= 11 is 3.31. The molecule has 5 heteroatoms. The molecule has 106 valence electrons. The Kier molecular flexibility index (Phi) is 4.20. The van der Waals surface area contributed by atoms with Crippen LogP contribution in [-0.4, -0.2) is 8.42 Å². The molecule has 0 saturated carbocycles. The fraction of sp³-hybridized carbons (Fsp3) is 0.200. The van der Waals surface area contributed by atoms with Crippen molar-refractivity contribution in [3.05, 3.63) is 57.6 Å². The highest BCUT2D eigenvalue weighted by molar-refractivity contribution is 9.10. The number of rotatable bonds is 3. The zero-order valence-electron chi connectivity index (χ0n) is 11.4. The molecule has 0 amide bonds. The lowest BCUT2D eigenvalue weighted by Gasteiger charge is -2.09. The molecule has 2 aromatic rings. The molecule has 0 aliphatic carbocycles. The third kappa shape index (κ3) is 3.22. The Balaban J connectivity index is 2.38.